The van der Waals surface area contributed by atoms with Crippen molar-refractivity contribution in [2.75, 3.05) is 0 Å². The van der Waals surface area contributed by atoms with Gasteiger partial charge < -0.3 is 4.57 Å². The van der Waals surface area contributed by atoms with Gasteiger partial charge >= 0.3 is 0 Å². The summed E-state index contributed by atoms with van der Waals surface area (Å²) >= 11 is 1.76. The second-order valence-electron chi connectivity index (χ2n) is 4.14. The smallest absolute Gasteiger partial charge is 0.0486 e. The van der Waals surface area contributed by atoms with Gasteiger partial charge in [-0.25, -0.2) is 0 Å². The van der Waals surface area contributed by atoms with Gasteiger partial charge in [-0.3, -0.25) is 0 Å². The first-order chi connectivity index (χ1) is 7.83. The Kier molecular flexibility index (Phi) is 2.29. The molecule has 0 aliphatic rings. The third-order valence-corrected chi connectivity index (χ3v) is 3.59. The summed E-state index contributed by atoms with van der Waals surface area (Å²) in [5.74, 6) is 0. The molecule has 16 heavy (non-hydrogen) atoms. The van der Waals surface area contributed by atoms with Gasteiger partial charge in [0, 0.05) is 18.3 Å². The predicted octanol–water partition coefficient (Wildman–Crippen LogP) is 4.06. The van der Waals surface area contributed by atoms with Gasteiger partial charge in [-0.05, 0) is 52.4 Å². The van der Waals surface area contributed by atoms with Crippen LogP contribution in [0.15, 0.2) is 47.3 Å². The Morgan fingerprint density at radius 2 is 2.12 bits per heavy atom. The van der Waals surface area contributed by atoms with Gasteiger partial charge in [0.05, 0.1) is 0 Å². The maximum atomic E-state index is 2.31. The van der Waals surface area contributed by atoms with Gasteiger partial charge in [0.2, 0.25) is 0 Å². The maximum Gasteiger partial charge on any atom is 0.0486 e. The Labute approximate surface area is 99.0 Å². The first-order valence-electron chi connectivity index (χ1n) is 5.39. The molecular weight excluding hydrogens is 214 g/mol. The molecule has 2 aromatic heterocycles. The van der Waals surface area contributed by atoms with E-state index >= 15 is 0 Å². The fourth-order valence-corrected chi connectivity index (χ4v) is 2.67. The summed E-state index contributed by atoms with van der Waals surface area (Å²) in [6.07, 6.45) is 2.17. The Hall–Kier alpha value is -1.54. The molecule has 0 saturated carbocycles. The zero-order valence-electron chi connectivity index (χ0n) is 9.18. The normalized spacial score (nSPS) is 11.1. The number of hydrogen-bond donors (Lipinski definition) is 0. The van der Waals surface area contributed by atoms with Crippen molar-refractivity contribution < 1.29 is 0 Å². The van der Waals surface area contributed by atoms with Crippen molar-refractivity contribution >= 4 is 22.2 Å². The van der Waals surface area contributed by atoms with Crippen LogP contribution >= 0.6 is 11.3 Å². The highest BCUT2D eigenvalue weighted by Gasteiger charge is 2.02. The van der Waals surface area contributed by atoms with Crippen LogP contribution in [0.1, 0.15) is 11.1 Å². The topological polar surface area (TPSA) is 4.93 Å². The van der Waals surface area contributed by atoms with Crippen molar-refractivity contribution in [2.24, 2.45) is 0 Å². The van der Waals surface area contributed by atoms with Crippen LogP contribution < -0.4 is 0 Å². The largest absolute Gasteiger partial charge is 0.343 e. The molecule has 2 heteroatoms. The number of fused-ring (bicyclic) bond motifs is 1. The molecule has 0 N–H and O–H groups in total. The number of thiophene rings is 1. The summed E-state index contributed by atoms with van der Waals surface area (Å²) in [7, 11) is 0. The molecule has 1 nitrogen and oxygen atoms in total. The summed E-state index contributed by atoms with van der Waals surface area (Å²) in [5.41, 5.74) is 4.02. The third kappa shape index (κ3) is 1.65. The molecular formula is C14H13NS. The highest BCUT2D eigenvalue weighted by molar-refractivity contribution is 7.07. The zero-order chi connectivity index (χ0) is 11.0. The first-order valence-corrected chi connectivity index (χ1v) is 6.34. The lowest BCUT2D eigenvalue weighted by Crippen LogP contribution is -1.96. The minimum Gasteiger partial charge on any atom is -0.343 e. The molecule has 0 atom stereocenters. The molecule has 0 bridgehead atoms. The van der Waals surface area contributed by atoms with E-state index in [1.165, 1.54) is 22.0 Å². The minimum atomic E-state index is 0.969. The van der Waals surface area contributed by atoms with Crippen molar-refractivity contribution in [1.29, 1.82) is 0 Å². The highest BCUT2D eigenvalue weighted by Crippen LogP contribution is 2.19. The van der Waals surface area contributed by atoms with Crippen molar-refractivity contribution in [1.82, 2.24) is 4.57 Å². The van der Waals surface area contributed by atoms with Crippen molar-refractivity contribution in [3.05, 3.63) is 58.4 Å². The van der Waals surface area contributed by atoms with E-state index in [4.69, 9.17) is 0 Å². The van der Waals surface area contributed by atoms with E-state index in [2.05, 4.69) is 58.8 Å². The molecule has 0 saturated heterocycles. The highest BCUT2D eigenvalue weighted by atomic mass is 32.1. The molecule has 0 spiro atoms. The maximum absolute atomic E-state index is 2.31. The quantitative estimate of drug-likeness (QED) is 0.622. The molecule has 0 fully saturated rings. The molecule has 0 amide bonds. The monoisotopic (exact) mass is 227 g/mol. The number of rotatable bonds is 2. The SMILES string of the molecule is Cc1ccc2ccn(Cc3ccsc3)c2c1. The molecule has 2 heterocycles. The number of aromatic nitrogens is 1. The van der Waals surface area contributed by atoms with Crippen LogP contribution in [0.3, 0.4) is 0 Å². The second-order valence-corrected chi connectivity index (χ2v) is 4.92. The summed E-state index contributed by atoms with van der Waals surface area (Å²) in [4.78, 5) is 0. The Morgan fingerprint density at radius 1 is 1.19 bits per heavy atom. The van der Waals surface area contributed by atoms with Crippen LogP contribution in [0.4, 0.5) is 0 Å². The van der Waals surface area contributed by atoms with E-state index in [1.54, 1.807) is 11.3 Å². The molecule has 80 valence electrons. The average Bonchev–Trinajstić information content (AvgIpc) is 2.90. The van der Waals surface area contributed by atoms with Gasteiger partial charge in [-0.15, -0.1) is 0 Å². The summed E-state index contributed by atoms with van der Waals surface area (Å²) in [6.45, 7) is 3.11. The van der Waals surface area contributed by atoms with Crippen molar-refractivity contribution in [3.63, 3.8) is 0 Å². The zero-order valence-corrected chi connectivity index (χ0v) is 10.00. The molecule has 3 aromatic rings. The summed E-state index contributed by atoms with van der Waals surface area (Å²) < 4.78 is 2.31. The number of aryl methyl sites for hydroxylation is 1. The Bertz CT molecular complexity index is 605. The summed E-state index contributed by atoms with van der Waals surface area (Å²) in [6, 6.07) is 11.0. The molecule has 3 rings (SSSR count). The molecule has 0 radical (unpaired) electrons. The lowest BCUT2D eigenvalue weighted by molar-refractivity contribution is 0.840. The van der Waals surface area contributed by atoms with Gasteiger partial charge in [-0.1, -0.05) is 12.1 Å². The molecule has 0 aliphatic carbocycles. The number of benzene rings is 1. The Morgan fingerprint density at radius 3 is 2.94 bits per heavy atom. The molecule has 0 aliphatic heterocycles. The van der Waals surface area contributed by atoms with Crippen LogP contribution in [-0.4, -0.2) is 4.57 Å². The second kappa shape index (κ2) is 3.80. The fraction of sp³-hybridized carbons (Fsp3) is 0.143. The molecule has 0 unspecified atom stereocenters. The molecule has 1 aromatic carbocycles. The lowest BCUT2D eigenvalue weighted by atomic mass is 10.2. The van der Waals surface area contributed by atoms with Gasteiger partial charge in [0.25, 0.3) is 0 Å². The van der Waals surface area contributed by atoms with E-state index in [-0.39, 0.29) is 0 Å². The summed E-state index contributed by atoms with van der Waals surface area (Å²) in [5, 5.41) is 5.66. The third-order valence-electron chi connectivity index (χ3n) is 2.86. The van der Waals surface area contributed by atoms with Gasteiger partial charge in [-0.2, -0.15) is 11.3 Å². The van der Waals surface area contributed by atoms with E-state index in [9.17, 15) is 0 Å². The lowest BCUT2D eigenvalue weighted by Gasteiger charge is -2.04. The van der Waals surface area contributed by atoms with Crippen molar-refractivity contribution in [2.45, 2.75) is 13.5 Å². The van der Waals surface area contributed by atoms with Crippen molar-refractivity contribution in [3.8, 4) is 0 Å². The van der Waals surface area contributed by atoms with Crippen LogP contribution in [0.5, 0.6) is 0 Å². The Balaban J connectivity index is 2.07. The fourth-order valence-electron chi connectivity index (χ4n) is 2.01. The van der Waals surface area contributed by atoms with E-state index in [1.807, 2.05) is 0 Å². The van der Waals surface area contributed by atoms with E-state index in [0.717, 1.165) is 6.54 Å². The van der Waals surface area contributed by atoms with Crippen LogP contribution in [0.25, 0.3) is 10.9 Å². The predicted molar refractivity (Wildman–Crippen MR) is 70.1 cm³/mol. The van der Waals surface area contributed by atoms with Crippen LogP contribution in [-0.2, 0) is 6.54 Å². The average molecular weight is 227 g/mol. The van der Waals surface area contributed by atoms with E-state index < -0.39 is 0 Å². The van der Waals surface area contributed by atoms with Crippen LogP contribution in [0.2, 0.25) is 0 Å². The minimum absolute atomic E-state index is 0.969. The standard InChI is InChI=1S/C14H13NS/c1-11-2-3-13-4-6-15(14(13)8-11)9-12-5-7-16-10-12/h2-8,10H,9H2,1H3. The van der Waals surface area contributed by atoms with Gasteiger partial charge in [0.15, 0.2) is 0 Å². The van der Waals surface area contributed by atoms with E-state index in [0.29, 0.717) is 0 Å². The first kappa shape index (κ1) is 9.67. The van der Waals surface area contributed by atoms with Crippen LogP contribution in [0, 0.1) is 6.92 Å². The van der Waals surface area contributed by atoms with Gasteiger partial charge in [0.1, 0.15) is 0 Å². The number of nitrogens with zero attached hydrogens (tertiary/aromatic N) is 1. The number of hydrogen-bond acceptors (Lipinski definition) is 1.